The maximum absolute atomic E-state index is 13.7. The second-order valence-corrected chi connectivity index (χ2v) is 10.7. The number of hydrogen-bond acceptors (Lipinski definition) is 5. The van der Waals surface area contributed by atoms with Crippen molar-refractivity contribution in [3.05, 3.63) is 34.1 Å². The molecule has 2 rings (SSSR count). The smallest absolute Gasteiger partial charge is 0.413 e. The van der Waals surface area contributed by atoms with Crippen LogP contribution in [0.3, 0.4) is 0 Å². The molecule has 1 heterocycles. The Kier molecular flexibility index (Phi) is 6.34. The van der Waals surface area contributed by atoms with E-state index in [2.05, 4.69) is 26.2 Å². The number of rotatable bonds is 2. The number of alkyl carbamates (subject to hydrolysis) is 1. The molecule has 0 aromatic heterocycles. The van der Waals surface area contributed by atoms with Crippen LogP contribution in [0.2, 0.25) is 0 Å². The van der Waals surface area contributed by atoms with Crippen LogP contribution in [0.4, 0.5) is 9.18 Å². The van der Waals surface area contributed by atoms with E-state index >= 15 is 0 Å². The minimum absolute atomic E-state index is 0.344. The van der Waals surface area contributed by atoms with Crippen LogP contribution in [0.15, 0.2) is 27.7 Å². The predicted octanol–water partition coefficient (Wildman–Crippen LogP) is 4.96. The third-order valence-corrected chi connectivity index (χ3v) is 5.99. The summed E-state index contributed by atoms with van der Waals surface area (Å²) in [6, 6.07) is 4.39. The molecule has 8 heteroatoms. The van der Waals surface area contributed by atoms with Gasteiger partial charge in [0.05, 0.1) is 16.1 Å². The first kappa shape index (κ1) is 22.2. The molecular formula is C19H26BrFN2O3S. The van der Waals surface area contributed by atoms with Gasteiger partial charge in [0.25, 0.3) is 0 Å². The standard InChI is InChI=1S/C19H26BrFN2O3S/c1-17(2,3)26-16(24)23-15-22-14(18(4,5)25)10-19(6,27-15)11-7-8-13(21)12(20)9-11/h7-9,14,25H,10H2,1-6H3,(H,22,23,24)/t14-,19-/m0/s1. The van der Waals surface area contributed by atoms with Crippen molar-refractivity contribution in [2.75, 3.05) is 0 Å². The van der Waals surface area contributed by atoms with E-state index in [1.807, 2.05) is 6.92 Å². The lowest BCUT2D eigenvalue weighted by Gasteiger charge is -2.40. The fourth-order valence-electron chi connectivity index (χ4n) is 2.70. The highest BCUT2D eigenvalue weighted by atomic mass is 79.9. The number of ether oxygens (including phenoxy) is 1. The third-order valence-electron chi connectivity index (χ3n) is 4.13. The van der Waals surface area contributed by atoms with Crippen molar-refractivity contribution >= 4 is 39.0 Å². The van der Waals surface area contributed by atoms with Gasteiger partial charge in [0.1, 0.15) is 11.4 Å². The summed E-state index contributed by atoms with van der Waals surface area (Å²) in [6.45, 7) is 10.7. The Bertz CT molecular complexity index is 758. The van der Waals surface area contributed by atoms with Crippen LogP contribution in [-0.2, 0) is 9.48 Å². The average molecular weight is 461 g/mol. The molecule has 0 bridgehead atoms. The molecule has 5 nitrogen and oxygen atoms in total. The lowest BCUT2D eigenvalue weighted by Crippen LogP contribution is -2.46. The first-order chi connectivity index (χ1) is 12.2. The summed E-state index contributed by atoms with van der Waals surface area (Å²) < 4.78 is 18.8. The summed E-state index contributed by atoms with van der Waals surface area (Å²) in [7, 11) is 0. The van der Waals surface area contributed by atoms with Gasteiger partial charge in [0.2, 0.25) is 0 Å². The van der Waals surface area contributed by atoms with Crippen LogP contribution in [0.5, 0.6) is 0 Å². The molecule has 0 unspecified atom stereocenters. The number of hydrogen-bond donors (Lipinski definition) is 2. The van der Waals surface area contributed by atoms with E-state index in [-0.39, 0.29) is 5.82 Å². The summed E-state index contributed by atoms with van der Waals surface area (Å²) in [5, 5.41) is 13.6. The van der Waals surface area contributed by atoms with E-state index in [4.69, 9.17) is 4.74 Å². The largest absolute Gasteiger partial charge is 0.444 e. The molecule has 1 aliphatic rings. The number of aliphatic hydroxyl groups is 1. The number of carbonyl (C=O) groups excluding carboxylic acids is 1. The van der Waals surface area contributed by atoms with Crippen molar-refractivity contribution in [1.82, 2.24) is 5.32 Å². The topological polar surface area (TPSA) is 70.9 Å². The Labute approximate surface area is 172 Å². The monoisotopic (exact) mass is 460 g/mol. The highest BCUT2D eigenvalue weighted by molar-refractivity contribution is 9.10. The molecule has 0 saturated heterocycles. The van der Waals surface area contributed by atoms with E-state index in [0.29, 0.717) is 16.1 Å². The van der Waals surface area contributed by atoms with Crippen LogP contribution in [0.1, 0.15) is 53.5 Å². The van der Waals surface area contributed by atoms with Gasteiger partial charge in [-0.05, 0) is 81.6 Å². The van der Waals surface area contributed by atoms with Gasteiger partial charge in [0, 0.05) is 4.75 Å². The second kappa shape index (κ2) is 7.72. The van der Waals surface area contributed by atoms with Gasteiger partial charge >= 0.3 is 6.09 Å². The summed E-state index contributed by atoms with van der Waals surface area (Å²) in [6.07, 6.45) is -0.0774. The number of benzene rings is 1. The van der Waals surface area contributed by atoms with Gasteiger partial charge in [-0.25, -0.2) is 9.18 Å². The number of amidine groups is 1. The Balaban J connectivity index is 2.35. The summed E-state index contributed by atoms with van der Waals surface area (Å²) in [5.74, 6) is -0.344. The number of nitrogens with zero attached hydrogens (tertiary/aromatic N) is 1. The van der Waals surface area contributed by atoms with Gasteiger partial charge < -0.3 is 9.84 Å². The SMILES string of the molecule is CC(C)(C)OC(=O)NC1=N[C@H](C(C)(C)O)C[C@@](C)(c2ccc(F)c(Br)c2)S1. The molecule has 2 atom stereocenters. The van der Waals surface area contributed by atoms with Gasteiger partial charge in [-0.3, -0.25) is 10.3 Å². The first-order valence-electron chi connectivity index (χ1n) is 8.64. The fourth-order valence-corrected chi connectivity index (χ4v) is 4.30. The highest BCUT2D eigenvalue weighted by Gasteiger charge is 2.42. The second-order valence-electron chi connectivity index (χ2n) is 8.40. The number of carbonyl (C=O) groups is 1. The van der Waals surface area contributed by atoms with Crippen molar-refractivity contribution < 1.29 is 19.0 Å². The molecule has 0 aliphatic carbocycles. The van der Waals surface area contributed by atoms with Gasteiger partial charge in [0.15, 0.2) is 5.17 Å². The van der Waals surface area contributed by atoms with Crippen molar-refractivity contribution in [1.29, 1.82) is 0 Å². The zero-order valence-electron chi connectivity index (χ0n) is 16.4. The Morgan fingerprint density at radius 1 is 1.41 bits per heavy atom. The molecule has 0 spiro atoms. The normalized spacial score (nSPS) is 23.6. The van der Waals surface area contributed by atoms with Crippen molar-refractivity contribution in [3.8, 4) is 0 Å². The number of aliphatic imine (C=N–C) groups is 1. The Morgan fingerprint density at radius 2 is 2.04 bits per heavy atom. The predicted molar refractivity (Wildman–Crippen MR) is 111 cm³/mol. The molecule has 150 valence electrons. The minimum atomic E-state index is -1.08. The number of halogens is 2. The maximum atomic E-state index is 13.7. The molecule has 1 aliphatic heterocycles. The van der Waals surface area contributed by atoms with E-state index < -0.39 is 28.1 Å². The molecule has 0 radical (unpaired) electrons. The molecular weight excluding hydrogens is 435 g/mol. The van der Waals surface area contributed by atoms with E-state index in [0.717, 1.165) is 5.56 Å². The molecule has 1 aromatic carbocycles. The summed E-state index contributed by atoms with van der Waals surface area (Å²) in [5.41, 5.74) is -0.848. The third kappa shape index (κ3) is 5.93. The van der Waals surface area contributed by atoms with Crippen molar-refractivity contribution in [2.45, 2.75) is 70.0 Å². The van der Waals surface area contributed by atoms with Gasteiger partial charge in [-0.15, -0.1) is 0 Å². The van der Waals surface area contributed by atoms with Crippen molar-refractivity contribution in [2.24, 2.45) is 4.99 Å². The average Bonchev–Trinajstić information content (AvgIpc) is 2.46. The summed E-state index contributed by atoms with van der Waals surface area (Å²) in [4.78, 5) is 16.7. The molecule has 0 saturated carbocycles. The number of nitrogens with one attached hydrogen (secondary N) is 1. The van der Waals surface area contributed by atoms with E-state index in [1.54, 1.807) is 46.8 Å². The Morgan fingerprint density at radius 3 is 2.56 bits per heavy atom. The van der Waals surface area contributed by atoms with Crippen molar-refractivity contribution in [3.63, 3.8) is 0 Å². The first-order valence-corrected chi connectivity index (χ1v) is 10.3. The minimum Gasteiger partial charge on any atom is -0.444 e. The molecule has 2 N–H and O–H groups in total. The molecule has 1 amide bonds. The fraction of sp³-hybridized carbons (Fsp3) is 0.579. The van der Waals surface area contributed by atoms with Crippen LogP contribution < -0.4 is 5.32 Å². The molecule has 0 fully saturated rings. The zero-order valence-corrected chi connectivity index (χ0v) is 18.8. The summed E-state index contributed by atoms with van der Waals surface area (Å²) >= 11 is 4.59. The lowest BCUT2D eigenvalue weighted by molar-refractivity contribution is 0.0451. The van der Waals surface area contributed by atoms with Crippen LogP contribution in [-0.4, -0.2) is 33.6 Å². The lowest BCUT2D eigenvalue weighted by atomic mass is 9.86. The highest BCUT2D eigenvalue weighted by Crippen LogP contribution is 2.46. The Hall–Kier alpha value is -1.12. The molecule has 1 aromatic rings. The van der Waals surface area contributed by atoms with E-state index in [1.165, 1.54) is 17.8 Å². The number of amides is 1. The van der Waals surface area contributed by atoms with Crippen LogP contribution in [0.25, 0.3) is 0 Å². The van der Waals surface area contributed by atoms with Crippen LogP contribution >= 0.6 is 27.7 Å². The number of thioether (sulfide) groups is 1. The van der Waals surface area contributed by atoms with Crippen LogP contribution in [0, 0.1) is 5.82 Å². The van der Waals surface area contributed by atoms with Gasteiger partial charge in [-0.1, -0.05) is 17.8 Å². The molecule has 27 heavy (non-hydrogen) atoms. The maximum Gasteiger partial charge on any atom is 0.413 e. The quantitative estimate of drug-likeness (QED) is 0.653. The zero-order chi connectivity index (χ0) is 20.6. The van der Waals surface area contributed by atoms with E-state index in [9.17, 15) is 14.3 Å². The van der Waals surface area contributed by atoms with Gasteiger partial charge in [-0.2, -0.15) is 0 Å².